The molecule has 10 rings (SSSR count). The Balaban J connectivity index is 1.29. The second kappa shape index (κ2) is 9.51. The average Bonchev–Trinajstić information content (AvgIpc) is 3.45. The summed E-state index contributed by atoms with van der Waals surface area (Å²) in [4.78, 5) is 11.7. The summed E-state index contributed by atoms with van der Waals surface area (Å²) >= 11 is 0. The molecule has 5 aromatic carbocycles. The highest BCUT2D eigenvalue weighted by molar-refractivity contribution is 7.22. The molecule has 0 aliphatic carbocycles. The van der Waals surface area contributed by atoms with Gasteiger partial charge in [0.15, 0.2) is 8.07 Å². The number of hydrogen-bond acceptors (Lipinski definition) is 4. The van der Waals surface area contributed by atoms with E-state index in [0.717, 1.165) is 44.8 Å². The first kappa shape index (κ1) is 25.4. The van der Waals surface area contributed by atoms with Crippen molar-refractivity contribution >= 4 is 67.8 Å². The molecule has 5 heterocycles. The normalized spacial score (nSPS) is 14.0. The highest BCUT2D eigenvalue weighted by Crippen LogP contribution is 2.43. The third kappa shape index (κ3) is 3.28. The summed E-state index contributed by atoms with van der Waals surface area (Å²) in [6, 6.07) is 50.2. The Morgan fingerprint density at radius 1 is 0.522 bits per heavy atom. The maximum absolute atomic E-state index is 6.59. The van der Waals surface area contributed by atoms with Gasteiger partial charge in [-0.2, -0.15) is 0 Å². The molecule has 46 heavy (non-hydrogen) atoms. The van der Waals surface area contributed by atoms with E-state index in [2.05, 4.69) is 142 Å². The molecule has 8 aromatic rings. The third-order valence-electron chi connectivity index (χ3n) is 9.57. The van der Waals surface area contributed by atoms with Crippen LogP contribution in [0.3, 0.4) is 0 Å². The van der Waals surface area contributed by atoms with E-state index in [-0.39, 0.29) is 0 Å². The molecular weight excluding hydrogens is 581 g/mol. The molecule has 2 aliphatic rings. The smallest absolute Gasteiger partial charge is 0.192 e. The lowest BCUT2D eigenvalue weighted by molar-refractivity contribution is 0.487. The zero-order valence-corrected chi connectivity index (χ0v) is 25.7. The van der Waals surface area contributed by atoms with Crippen molar-refractivity contribution in [1.29, 1.82) is 0 Å². The van der Waals surface area contributed by atoms with Gasteiger partial charge >= 0.3 is 0 Å². The molecule has 0 radical (unpaired) electrons. The molecule has 6 heteroatoms. The third-order valence-corrected chi connectivity index (χ3v) is 14.5. The Labute approximate surface area is 266 Å². The predicted octanol–water partition coefficient (Wildman–Crippen LogP) is 6.84. The highest BCUT2D eigenvalue weighted by Gasteiger charge is 2.53. The van der Waals surface area contributed by atoms with E-state index in [1.54, 1.807) is 0 Å². The van der Waals surface area contributed by atoms with Crippen LogP contribution < -0.4 is 30.4 Å². The standard InChI is InChI=1S/C40H26N4OSi/c1-5-17-36-30(12-1)43(27-21-22-29-33(25-27)44(28-11-9-23-41-26-28)32-14-10-24-42-40(29)32)31-13-2-6-18-37(31)46(36)38-19-7-3-15-34(38)45-35-16-4-8-20-39(35)46/h1-26H. The van der Waals surface area contributed by atoms with Gasteiger partial charge in [-0.15, -0.1) is 0 Å². The Morgan fingerprint density at radius 3 is 1.83 bits per heavy atom. The van der Waals surface area contributed by atoms with Crippen LogP contribution in [0.1, 0.15) is 0 Å². The maximum Gasteiger partial charge on any atom is 0.192 e. The van der Waals surface area contributed by atoms with Crippen LogP contribution in [0.15, 0.2) is 158 Å². The number of rotatable bonds is 2. The molecule has 0 atom stereocenters. The maximum atomic E-state index is 6.59. The van der Waals surface area contributed by atoms with Crippen LogP contribution in [0.5, 0.6) is 11.5 Å². The summed E-state index contributed by atoms with van der Waals surface area (Å²) in [5, 5.41) is 6.39. The summed E-state index contributed by atoms with van der Waals surface area (Å²) in [7, 11) is -2.76. The van der Waals surface area contributed by atoms with Gasteiger partial charge in [0.2, 0.25) is 0 Å². The number of anilines is 3. The van der Waals surface area contributed by atoms with E-state index in [1.807, 2.05) is 30.7 Å². The van der Waals surface area contributed by atoms with Crippen molar-refractivity contribution < 1.29 is 4.74 Å². The quantitative estimate of drug-likeness (QED) is 0.202. The van der Waals surface area contributed by atoms with Gasteiger partial charge < -0.3 is 14.2 Å². The molecule has 0 saturated carbocycles. The first-order valence-corrected chi connectivity index (χ1v) is 17.5. The molecule has 5 nitrogen and oxygen atoms in total. The number of aromatic nitrogens is 3. The molecular formula is C40H26N4OSi. The zero-order chi connectivity index (χ0) is 30.2. The van der Waals surface area contributed by atoms with Gasteiger partial charge in [0.1, 0.15) is 11.5 Å². The monoisotopic (exact) mass is 606 g/mol. The van der Waals surface area contributed by atoms with Gasteiger partial charge in [0.25, 0.3) is 0 Å². The minimum absolute atomic E-state index is 0.945. The number of para-hydroxylation sites is 4. The van der Waals surface area contributed by atoms with Crippen LogP contribution in [-0.4, -0.2) is 22.6 Å². The zero-order valence-electron chi connectivity index (χ0n) is 24.7. The number of nitrogens with zero attached hydrogens (tertiary/aromatic N) is 4. The van der Waals surface area contributed by atoms with Gasteiger partial charge in [-0.1, -0.05) is 72.8 Å². The molecule has 1 spiro atoms. The number of hydrogen-bond donors (Lipinski definition) is 0. The first-order chi connectivity index (χ1) is 22.8. The SMILES string of the molecule is c1cncc(-n2c3cc(N4c5ccccc5[Si]5(c6ccccc6Oc6ccccc65)c5ccccc54)ccc3c3ncccc32)c1. The van der Waals surface area contributed by atoms with Crippen molar-refractivity contribution in [3.63, 3.8) is 0 Å². The van der Waals surface area contributed by atoms with Crippen molar-refractivity contribution in [2.45, 2.75) is 0 Å². The van der Waals surface area contributed by atoms with Crippen LogP contribution in [0, 0.1) is 0 Å². The van der Waals surface area contributed by atoms with Crippen molar-refractivity contribution in [2.75, 3.05) is 4.90 Å². The Hall–Kier alpha value is -5.98. The summed E-state index contributed by atoms with van der Waals surface area (Å²) < 4.78 is 8.86. The summed E-state index contributed by atoms with van der Waals surface area (Å²) in [5.41, 5.74) is 7.62. The van der Waals surface area contributed by atoms with Gasteiger partial charge in [0.05, 0.1) is 28.4 Å². The molecule has 0 fully saturated rings. The number of ether oxygens (including phenoxy) is 1. The first-order valence-electron chi connectivity index (χ1n) is 15.5. The number of fused-ring (bicyclic) bond motifs is 11. The van der Waals surface area contributed by atoms with Gasteiger partial charge in [-0.3, -0.25) is 9.97 Å². The van der Waals surface area contributed by atoms with Crippen molar-refractivity contribution in [1.82, 2.24) is 14.5 Å². The number of pyridine rings is 2. The molecule has 0 amide bonds. The molecule has 0 bridgehead atoms. The molecule has 3 aromatic heterocycles. The average molecular weight is 607 g/mol. The van der Waals surface area contributed by atoms with Crippen LogP contribution in [0.25, 0.3) is 27.6 Å². The fourth-order valence-corrected chi connectivity index (χ4v) is 13.1. The van der Waals surface area contributed by atoms with E-state index >= 15 is 0 Å². The van der Waals surface area contributed by atoms with E-state index < -0.39 is 8.07 Å². The predicted molar refractivity (Wildman–Crippen MR) is 188 cm³/mol. The fourth-order valence-electron chi connectivity index (χ4n) is 7.82. The lowest BCUT2D eigenvalue weighted by Crippen LogP contribution is -2.78. The molecule has 0 unspecified atom stereocenters. The Morgan fingerprint density at radius 2 is 1.15 bits per heavy atom. The Bertz CT molecular complexity index is 2390. The van der Waals surface area contributed by atoms with Crippen molar-refractivity contribution in [3.8, 4) is 17.2 Å². The van der Waals surface area contributed by atoms with Crippen LogP contribution >= 0.6 is 0 Å². The van der Waals surface area contributed by atoms with Gasteiger partial charge in [-0.25, -0.2) is 0 Å². The minimum Gasteiger partial charge on any atom is -0.458 e. The Kier molecular flexibility index (Phi) is 5.24. The van der Waals surface area contributed by atoms with Crippen LogP contribution in [0.4, 0.5) is 17.1 Å². The van der Waals surface area contributed by atoms with E-state index in [9.17, 15) is 0 Å². The second-order valence-electron chi connectivity index (χ2n) is 11.8. The molecule has 216 valence electrons. The molecule has 2 aliphatic heterocycles. The van der Waals surface area contributed by atoms with Crippen LogP contribution in [-0.2, 0) is 0 Å². The van der Waals surface area contributed by atoms with E-state index in [0.29, 0.717) is 0 Å². The van der Waals surface area contributed by atoms with E-state index in [1.165, 1.54) is 32.1 Å². The fraction of sp³-hybridized carbons (Fsp3) is 0. The second-order valence-corrected chi connectivity index (χ2v) is 15.5. The number of benzene rings is 5. The molecule has 0 saturated heterocycles. The lowest BCUT2D eigenvalue weighted by Gasteiger charge is -2.47. The summed E-state index contributed by atoms with van der Waals surface area (Å²) in [6.45, 7) is 0. The summed E-state index contributed by atoms with van der Waals surface area (Å²) in [5.74, 6) is 1.89. The topological polar surface area (TPSA) is 43.2 Å². The highest BCUT2D eigenvalue weighted by atomic mass is 28.3. The van der Waals surface area contributed by atoms with Gasteiger partial charge in [0, 0.05) is 34.8 Å². The van der Waals surface area contributed by atoms with Crippen molar-refractivity contribution in [2.24, 2.45) is 0 Å². The minimum atomic E-state index is -2.76. The summed E-state index contributed by atoms with van der Waals surface area (Å²) in [6.07, 6.45) is 5.60. The van der Waals surface area contributed by atoms with E-state index in [4.69, 9.17) is 9.72 Å². The van der Waals surface area contributed by atoms with Crippen LogP contribution in [0.2, 0.25) is 0 Å². The molecule has 0 N–H and O–H groups in total. The lowest BCUT2D eigenvalue weighted by atomic mass is 10.1. The largest absolute Gasteiger partial charge is 0.458 e. The van der Waals surface area contributed by atoms with Gasteiger partial charge in [-0.05, 0) is 87.5 Å². The van der Waals surface area contributed by atoms with Crippen molar-refractivity contribution in [3.05, 3.63) is 158 Å².